The van der Waals surface area contributed by atoms with Crippen molar-refractivity contribution >= 4 is 66.5 Å². The molecule has 0 aliphatic heterocycles. The maximum absolute atomic E-state index is 6.20. The number of aromatic nitrogens is 2. The molecule has 8 heteroatoms. The molecule has 0 unspecified atom stereocenters. The Kier molecular flexibility index (Phi) is 3.75. The number of rotatable bonds is 3. The molecular weight excluding hydrogens is 362 g/mol. The largest absolute Gasteiger partial charge is 0.338 e. The summed E-state index contributed by atoms with van der Waals surface area (Å²) in [7, 11) is 0. The van der Waals surface area contributed by atoms with Crippen LogP contribution in [0.2, 0.25) is 5.02 Å². The minimum Gasteiger partial charge on any atom is -0.338 e. The van der Waals surface area contributed by atoms with Crippen LogP contribution in [0.3, 0.4) is 0 Å². The van der Waals surface area contributed by atoms with Gasteiger partial charge in [-0.05, 0) is 29.6 Å². The summed E-state index contributed by atoms with van der Waals surface area (Å²) in [4.78, 5) is 9.46. The number of fused-ring (bicyclic) bond motifs is 1. The number of hydrazine groups is 1. The quantitative estimate of drug-likeness (QED) is 0.477. The number of thiophene rings is 1. The van der Waals surface area contributed by atoms with Gasteiger partial charge < -0.3 is 5.32 Å². The molecule has 3 rings (SSSR count). The maximum Gasteiger partial charge on any atom is 0.240 e. The Morgan fingerprint density at radius 2 is 2.10 bits per heavy atom. The fraction of sp³-hybridized carbons (Fsp3) is 0. The third-order valence-corrected chi connectivity index (χ3v) is 4.25. The van der Waals surface area contributed by atoms with Gasteiger partial charge in [-0.2, -0.15) is 4.98 Å². The van der Waals surface area contributed by atoms with Crippen LogP contribution in [0.25, 0.3) is 10.2 Å². The molecule has 0 atom stereocenters. The smallest absolute Gasteiger partial charge is 0.240 e. The maximum atomic E-state index is 6.20. The number of nitrogen functional groups attached to an aromatic ring is 1. The molecule has 2 aromatic heterocycles. The fourth-order valence-corrected chi connectivity index (χ4v) is 3.22. The Morgan fingerprint density at radius 1 is 1.25 bits per heavy atom. The van der Waals surface area contributed by atoms with E-state index in [1.54, 1.807) is 0 Å². The number of hydrogen-bond donors (Lipinski definition) is 3. The number of halogens is 2. The third kappa shape index (κ3) is 2.57. The van der Waals surface area contributed by atoms with Gasteiger partial charge in [0.1, 0.15) is 10.6 Å². The zero-order valence-corrected chi connectivity index (χ0v) is 13.2. The SMILES string of the molecule is NNc1nc(Nc2ccc(Br)cc2Cl)c2ccsc2n1. The summed E-state index contributed by atoms with van der Waals surface area (Å²) in [5, 5.41) is 6.69. The van der Waals surface area contributed by atoms with Crippen LogP contribution in [0.5, 0.6) is 0 Å². The van der Waals surface area contributed by atoms with Crippen molar-refractivity contribution in [3.8, 4) is 0 Å². The molecule has 0 spiro atoms. The molecular formula is C12H9BrClN5S. The Morgan fingerprint density at radius 3 is 2.85 bits per heavy atom. The third-order valence-electron chi connectivity index (χ3n) is 2.64. The van der Waals surface area contributed by atoms with E-state index in [0.717, 1.165) is 20.4 Å². The normalized spacial score (nSPS) is 10.8. The second kappa shape index (κ2) is 5.53. The Hall–Kier alpha value is -1.41. The predicted molar refractivity (Wildman–Crippen MR) is 87.7 cm³/mol. The first-order chi connectivity index (χ1) is 9.67. The summed E-state index contributed by atoms with van der Waals surface area (Å²) in [5.41, 5.74) is 3.23. The van der Waals surface area contributed by atoms with Crippen LogP contribution >= 0.6 is 38.9 Å². The summed E-state index contributed by atoms with van der Waals surface area (Å²) < 4.78 is 0.917. The second-order valence-electron chi connectivity index (χ2n) is 3.93. The number of nitrogens with zero attached hydrogens (tertiary/aromatic N) is 2. The molecule has 0 radical (unpaired) electrons. The van der Waals surface area contributed by atoms with E-state index in [9.17, 15) is 0 Å². The average Bonchev–Trinajstić information content (AvgIpc) is 2.90. The van der Waals surface area contributed by atoms with E-state index < -0.39 is 0 Å². The van der Waals surface area contributed by atoms with Crippen molar-refractivity contribution in [2.24, 2.45) is 5.84 Å². The van der Waals surface area contributed by atoms with Crippen LogP contribution in [0, 0.1) is 0 Å². The van der Waals surface area contributed by atoms with E-state index in [1.165, 1.54) is 11.3 Å². The monoisotopic (exact) mass is 369 g/mol. The molecule has 0 saturated heterocycles. The molecule has 2 heterocycles. The first-order valence-electron chi connectivity index (χ1n) is 5.61. The van der Waals surface area contributed by atoms with Crippen LogP contribution in [0.1, 0.15) is 0 Å². The number of nitrogens with one attached hydrogen (secondary N) is 2. The Labute approximate surface area is 132 Å². The van der Waals surface area contributed by atoms with Crippen molar-refractivity contribution in [2.75, 3.05) is 10.7 Å². The highest BCUT2D eigenvalue weighted by molar-refractivity contribution is 9.10. The summed E-state index contributed by atoms with van der Waals surface area (Å²) in [6.07, 6.45) is 0. The van der Waals surface area contributed by atoms with Crippen LogP contribution in [-0.4, -0.2) is 9.97 Å². The summed E-state index contributed by atoms with van der Waals surface area (Å²) in [5.74, 6) is 6.41. The van der Waals surface area contributed by atoms with Gasteiger partial charge >= 0.3 is 0 Å². The van der Waals surface area contributed by atoms with Gasteiger partial charge in [0.15, 0.2) is 0 Å². The first-order valence-corrected chi connectivity index (χ1v) is 7.66. The van der Waals surface area contributed by atoms with Crippen molar-refractivity contribution < 1.29 is 0 Å². The van der Waals surface area contributed by atoms with Gasteiger partial charge in [0.2, 0.25) is 5.95 Å². The number of hydrogen-bond acceptors (Lipinski definition) is 6. The Balaban J connectivity index is 2.07. The average molecular weight is 371 g/mol. The van der Waals surface area contributed by atoms with Gasteiger partial charge in [0, 0.05) is 4.47 Å². The molecule has 3 aromatic rings. The van der Waals surface area contributed by atoms with Crippen molar-refractivity contribution in [1.82, 2.24) is 9.97 Å². The molecule has 0 saturated carbocycles. The van der Waals surface area contributed by atoms with Crippen molar-refractivity contribution in [3.63, 3.8) is 0 Å². The molecule has 4 N–H and O–H groups in total. The highest BCUT2D eigenvalue weighted by Gasteiger charge is 2.10. The van der Waals surface area contributed by atoms with E-state index in [0.29, 0.717) is 16.8 Å². The van der Waals surface area contributed by atoms with E-state index in [2.05, 4.69) is 36.6 Å². The van der Waals surface area contributed by atoms with Crippen molar-refractivity contribution in [3.05, 3.63) is 39.1 Å². The van der Waals surface area contributed by atoms with Gasteiger partial charge in [-0.25, -0.2) is 10.8 Å². The molecule has 20 heavy (non-hydrogen) atoms. The molecule has 102 valence electrons. The molecule has 0 fully saturated rings. The zero-order valence-electron chi connectivity index (χ0n) is 10.0. The second-order valence-corrected chi connectivity index (χ2v) is 6.15. The van der Waals surface area contributed by atoms with Gasteiger partial charge in [0.05, 0.1) is 16.1 Å². The lowest BCUT2D eigenvalue weighted by atomic mass is 10.3. The highest BCUT2D eigenvalue weighted by Crippen LogP contribution is 2.32. The number of anilines is 3. The van der Waals surface area contributed by atoms with Crippen LogP contribution < -0.4 is 16.6 Å². The van der Waals surface area contributed by atoms with Crippen LogP contribution in [0.4, 0.5) is 17.5 Å². The number of nitrogens with two attached hydrogens (primary N) is 1. The molecule has 0 aliphatic carbocycles. The van der Waals surface area contributed by atoms with Gasteiger partial charge in [-0.1, -0.05) is 27.5 Å². The van der Waals surface area contributed by atoms with E-state index >= 15 is 0 Å². The molecule has 1 aromatic carbocycles. The highest BCUT2D eigenvalue weighted by atomic mass is 79.9. The van der Waals surface area contributed by atoms with E-state index in [4.69, 9.17) is 17.4 Å². The summed E-state index contributed by atoms with van der Waals surface area (Å²) >= 11 is 11.1. The zero-order chi connectivity index (χ0) is 14.1. The molecule has 0 amide bonds. The lowest BCUT2D eigenvalue weighted by Crippen LogP contribution is -2.11. The fourth-order valence-electron chi connectivity index (χ4n) is 1.73. The standard InChI is InChI=1S/C12H9BrClN5S/c13-6-1-2-9(8(14)5-6)16-10-7-3-4-20-11(7)18-12(17-10)19-15/h1-5H,15H2,(H2,16,17,18,19). The first kappa shape index (κ1) is 13.6. The topological polar surface area (TPSA) is 75.9 Å². The van der Waals surface area contributed by atoms with Gasteiger partial charge in [-0.15, -0.1) is 11.3 Å². The van der Waals surface area contributed by atoms with Crippen molar-refractivity contribution in [1.29, 1.82) is 0 Å². The molecule has 0 bridgehead atoms. The summed E-state index contributed by atoms with van der Waals surface area (Å²) in [6.45, 7) is 0. The number of benzene rings is 1. The minimum atomic E-state index is 0.357. The lowest BCUT2D eigenvalue weighted by Gasteiger charge is -2.10. The van der Waals surface area contributed by atoms with Crippen LogP contribution in [0.15, 0.2) is 34.1 Å². The van der Waals surface area contributed by atoms with Crippen molar-refractivity contribution in [2.45, 2.75) is 0 Å². The molecule has 5 nitrogen and oxygen atoms in total. The van der Waals surface area contributed by atoms with E-state index in [-0.39, 0.29) is 0 Å². The van der Waals surface area contributed by atoms with Gasteiger partial charge in [0.25, 0.3) is 0 Å². The predicted octanol–water partition coefficient (Wildman–Crippen LogP) is 4.14. The minimum absolute atomic E-state index is 0.357. The summed E-state index contributed by atoms with van der Waals surface area (Å²) in [6, 6.07) is 7.55. The van der Waals surface area contributed by atoms with E-state index in [1.807, 2.05) is 29.6 Å². The van der Waals surface area contributed by atoms with Crippen LogP contribution in [-0.2, 0) is 0 Å². The Bertz CT molecular complexity index is 776. The lowest BCUT2D eigenvalue weighted by molar-refractivity contribution is 1.16. The van der Waals surface area contributed by atoms with Gasteiger partial charge in [-0.3, -0.25) is 5.43 Å². The molecule has 0 aliphatic rings.